The van der Waals surface area contributed by atoms with Crippen molar-refractivity contribution in [2.75, 3.05) is 31.1 Å². The van der Waals surface area contributed by atoms with Crippen molar-refractivity contribution < 1.29 is 24.5 Å². The third-order valence-corrected chi connectivity index (χ3v) is 7.49. The number of H-pyrrole nitrogens is 1. The first kappa shape index (κ1) is 28.7. The quantitative estimate of drug-likeness (QED) is 0.290. The van der Waals surface area contributed by atoms with Gasteiger partial charge in [-0.3, -0.25) is 24.0 Å². The number of anilines is 1. The number of carbonyl (C=O) groups excluding carboxylic acids is 1. The number of aryl methyl sites for hydroxylation is 1. The molecule has 2 aliphatic rings. The molecule has 2 aliphatic heterocycles. The molecule has 0 radical (unpaired) electrons. The summed E-state index contributed by atoms with van der Waals surface area (Å²) in [5.41, 5.74) is 0.924. The van der Waals surface area contributed by atoms with Crippen molar-refractivity contribution in [2.24, 2.45) is 0 Å². The highest BCUT2D eigenvalue weighted by atomic mass is 19.1. The lowest BCUT2D eigenvalue weighted by atomic mass is 9.97. The Morgan fingerprint density at radius 1 is 1.02 bits per heavy atom. The number of nitrogens with one attached hydrogen (secondary N) is 1. The minimum absolute atomic E-state index is 0.000168. The zero-order valence-corrected chi connectivity index (χ0v) is 23.2. The van der Waals surface area contributed by atoms with Crippen molar-refractivity contribution in [2.45, 2.75) is 39.3 Å². The van der Waals surface area contributed by atoms with Crippen LogP contribution >= 0.6 is 0 Å². The molecule has 42 heavy (non-hydrogen) atoms. The van der Waals surface area contributed by atoms with Crippen molar-refractivity contribution in [1.29, 1.82) is 0 Å². The summed E-state index contributed by atoms with van der Waals surface area (Å²) in [5.74, 6) is -0.971. The number of aliphatic hydroxyl groups excluding tert-OH is 1. The van der Waals surface area contributed by atoms with Gasteiger partial charge in [0.1, 0.15) is 22.7 Å². The van der Waals surface area contributed by atoms with Crippen LogP contribution in [0, 0.1) is 5.82 Å². The number of benzene rings is 2. The van der Waals surface area contributed by atoms with Gasteiger partial charge in [-0.05, 0) is 35.2 Å². The number of phenolic OH excluding ortho intramolecular Hbond substituents is 2. The number of carbonyl (C=O) groups is 1. The van der Waals surface area contributed by atoms with Crippen LogP contribution in [0.5, 0.6) is 11.5 Å². The van der Waals surface area contributed by atoms with E-state index in [1.165, 1.54) is 11.0 Å². The molecule has 1 fully saturated rings. The fourth-order valence-corrected chi connectivity index (χ4v) is 5.09. The normalized spacial score (nSPS) is 15.4. The van der Waals surface area contributed by atoms with E-state index >= 15 is 0 Å². The van der Waals surface area contributed by atoms with Gasteiger partial charge in [0.2, 0.25) is 11.7 Å². The number of hydrogen-bond donors (Lipinski definition) is 4. The standard InChI is InChI=1S/C29H31FN6O6/c1-17(2)20-13-21(24(38)14-23(20)37)26-31-29(42)36(26)19-5-3-18(4-6-19)15-33-9-11-34(12-10-33)25(39)7-8-35-16-22(30)27(40)32-28(35)41/h3-6,13-14,16-17H,7-12,15H2,1-2H3,(H3,31,32,37,38,40,41,42)/p+1. The average molecular weight is 580 g/mol. The third kappa shape index (κ3) is 5.78. The van der Waals surface area contributed by atoms with Gasteiger partial charge in [0.15, 0.2) is 0 Å². The van der Waals surface area contributed by atoms with Gasteiger partial charge in [-0.15, -0.1) is 4.90 Å². The second-order valence-corrected chi connectivity index (χ2v) is 10.7. The zero-order chi connectivity index (χ0) is 30.1. The summed E-state index contributed by atoms with van der Waals surface area (Å²) >= 11 is 0. The highest BCUT2D eigenvalue weighted by Crippen LogP contribution is 2.34. The number of aromatic nitrogens is 2. The zero-order valence-electron chi connectivity index (χ0n) is 23.2. The molecule has 3 heterocycles. The molecule has 0 saturated carbocycles. The van der Waals surface area contributed by atoms with Crippen molar-refractivity contribution in [3.05, 3.63) is 85.9 Å². The first-order chi connectivity index (χ1) is 20.0. The predicted octanol–water partition coefficient (Wildman–Crippen LogP) is 1.19. The Bertz CT molecular complexity index is 1700. The summed E-state index contributed by atoms with van der Waals surface area (Å²) in [6, 6.07) is 10.3. The molecule has 0 unspecified atom stereocenters. The lowest BCUT2D eigenvalue weighted by Crippen LogP contribution is -2.49. The Morgan fingerprint density at radius 3 is 2.36 bits per heavy atom. The number of aromatic amines is 1. The van der Waals surface area contributed by atoms with E-state index in [0.29, 0.717) is 55.4 Å². The maximum absolute atomic E-state index is 13.5. The SMILES string of the molecule is CC(C)c1cc(C2=[N+]=C(O)N2c2ccc(CN3CCN(C(=O)CCn4cc(F)c(=O)[nH]c4=O)CC3)cc2)c(O)cc1O. The first-order valence-corrected chi connectivity index (χ1v) is 13.6. The Hall–Kier alpha value is -4.87. The van der Waals surface area contributed by atoms with E-state index in [0.717, 1.165) is 16.3 Å². The molecule has 5 rings (SSSR count). The predicted molar refractivity (Wildman–Crippen MR) is 154 cm³/mol. The van der Waals surface area contributed by atoms with Gasteiger partial charge in [0.05, 0.1) is 6.20 Å². The lowest BCUT2D eigenvalue weighted by molar-refractivity contribution is -0.133. The molecule has 0 bridgehead atoms. The number of amides is 1. The van der Waals surface area contributed by atoms with Crippen LogP contribution < -0.4 is 20.8 Å². The van der Waals surface area contributed by atoms with E-state index in [1.54, 1.807) is 11.0 Å². The summed E-state index contributed by atoms with van der Waals surface area (Å²) in [5, 5.41) is 30.9. The molecule has 2 aromatic carbocycles. The van der Waals surface area contributed by atoms with Gasteiger partial charge in [0.25, 0.3) is 5.56 Å². The molecule has 1 amide bonds. The van der Waals surface area contributed by atoms with Crippen LogP contribution in [0.25, 0.3) is 0 Å². The van der Waals surface area contributed by atoms with Crippen molar-refractivity contribution >= 4 is 23.5 Å². The minimum Gasteiger partial charge on any atom is -0.508 e. The van der Waals surface area contributed by atoms with Crippen LogP contribution in [0.1, 0.15) is 42.9 Å². The van der Waals surface area contributed by atoms with Crippen LogP contribution in [0.4, 0.5) is 10.1 Å². The summed E-state index contributed by atoms with van der Waals surface area (Å²) in [6.45, 7) is 6.81. The molecule has 0 spiro atoms. The molecule has 13 heteroatoms. The topological polar surface area (TPSA) is 156 Å². The van der Waals surface area contributed by atoms with Gasteiger partial charge in [-0.2, -0.15) is 9.06 Å². The second kappa shape index (κ2) is 11.6. The fraction of sp³-hybridized carbons (Fsp3) is 0.345. The molecule has 220 valence electrons. The van der Waals surface area contributed by atoms with E-state index in [-0.39, 0.29) is 42.3 Å². The molecule has 4 N–H and O–H groups in total. The smallest absolute Gasteiger partial charge is 0.497 e. The highest BCUT2D eigenvalue weighted by Gasteiger charge is 2.40. The summed E-state index contributed by atoms with van der Waals surface area (Å²) in [4.78, 5) is 42.9. The number of nitrogens with zero attached hydrogens (tertiary/aromatic N) is 5. The van der Waals surface area contributed by atoms with E-state index in [4.69, 9.17) is 0 Å². The van der Waals surface area contributed by atoms with Crippen LogP contribution in [0.15, 0.2) is 52.2 Å². The Labute approximate surface area is 239 Å². The Kier molecular flexibility index (Phi) is 7.88. The number of phenols is 2. The van der Waals surface area contributed by atoms with E-state index in [9.17, 15) is 34.1 Å². The molecule has 0 atom stereocenters. The fourth-order valence-electron chi connectivity index (χ4n) is 5.09. The van der Waals surface area contributed by atoms with Gasteiger partial charge in [-0.25, -0.2) is 4.79 Å². The molecule has 12 nitrogen and oxygen atoms in total. The minimum atomic E-state index is -1.08. The van der Waals surface area contributed by atoms with E-state index < -0.39 is 17.1 Å². The Balaban J connectivity index is 1.16. The Morgan fingerprint density at radius 2 is 1.71 bits per heavy atom. The highest BCUT2D eigenvalue weighted by molar-refractivity contribution is 6.29. The number of aromatic hydroxyl groups is 2. The number of rotatable bonds is 8. The number of halogens is 1. The van der Waals surface area contributed by atoms with Crippen molar-refractivity contribution in [3.8, 4) is 11.5 Å². The lowest BCUT2D eigenvalue weighted by Gasteiger charge is -2.35. The molecule has 1 aromatic heterocycles. The molecule has 0 aliphatic carbocycles. The molecule has 1 saturated heterocycles. The molecular weight excluding hydrogens is 547 g/mol. The molecule has 3 aromatic rings. The van der Waals surface area contributed by atoms with Gasteiger partial charge < -0.3 is 20.2 Å². The number of hydrogen-bond acceptors (Lipinski definition) is 7. The van der Waals surface area contributed by atoms with Gasteiger partial charge in [-0.1, -0.05) is 26.0 Å². The number of piperazine rings is 1. The monoisotopic (exact) mass is 579 g/mol. The summed E-state index contributed by atoms with van der Waals surface area (Å²) < 4.78 is 18.6. The van der Waals surface area contributed by atoms with Crippen molar-refractivity contribution in [1.82, 2.24) is 24.0 Å². The number of amidine groups is 2. The van der Waals surface area contributed by atoms with Crippen molar-refractivity contribution in [3.63, 3.8) is 0 Å². The average Bonchev–Trinajstić information content (AvgIpc) is 2.94. The van der Waals surface area contributed by atoms with Gasteiger partial charge in [0, 0.05) is 51.8 Å². The van der Waals surface area contributed by atoms with E-state index in [1.807, 2.05) is 43.1 Å². The molecular formula is C29H32FN6O6+. The van der Waals surface area contributed by atoms with E-state index in [2.05, 4.69) is 9.57 Å². The van der Waals surface area contributed by atoms with Crippen LogP contribution in [-0.4, -0.2) is 78.6 Å². The third-order valence-electron chi connectivity index (χ3n) is 7.49. The van der Waals surface area contributed by atoms with Crippen LogP contribution in [-0.2, 0) is 17.9 Å². The summed E-state index contributed by atoms with van der Waals surface area (Å²) in [7, 11) is 0. The van der Waals surface area contributed by atoms with Crippen LogP contribution in [0.2, 0.25) is 0 Å². The largest absolute Gasteiger partial charge is 0.508 e. The van der Waals surface area contributed by atoms with Gasteiger partial charge >= 0.3 is 17.5 Å². The maximum Gasteiger partial charge on any atom is 0.497 e. The first-order valence-electron chi connectivity index (χ1n) is 13.6. The summed E-state index contributed by atoms with van der Waals surface area (Å²) in [6.07, 6.45) is 0.825. The number of aliphatic hydroxyl groups is 1. The van der Waals surface area contributed by atoms with Crippen LogP contribution in [0.3, 0.4) is 0 Å². The second-order valence-electron chi connectivity index (χ2n) is 10.7. The maximum atomic E-state index is 13.5.